The zero-order chi connectivity index (χ0) is 17.1. The van der Waals surface area contributed by atoms with Crippen molar-refractivity contribution < 1.29 is 9.72 Å². The average molecular weight is 342 g/mol. The molecule has 0 saturated heterocycles. The lowest BCUT2D eigenvalue weighted by molar-refractivity contribution is -0.384. The predicted molar refractivity (Wildman–Crippen MR) is 96.5 cm³/mol. The van der Waals surface area contributed by atoms with Crippen LogP contribution in [-0.2, 0) is 17.0 Å². The molecule has 2 aromatic rings. The van der Waals surface area contributed by atoms with Gasteiger partial charge in [-0.2, -0.15) is 0 Å². The Labute approximate surface area is 144 Å². The lowest BCUT2D eigenvalue weighted by Gasteiger charge is -2.17. The summed E-state index contributed by atoms with van der Waals surface area (Å²) in [5, 5.41) is 10.9. The fraction of sp³-hybridized carbons (Fsp3) is 0.278. The molecule has 0 aromatic heterocycles. The van der Waals surface area contributed by atoms with Crippen molar-refractivity contribution in [1.29, 1.82) is 0 Å². The van der Waals surface area contributed by atoms with Gasteiger partial charge in [0.1, 0.15) is 0 Å². The van der Waals surface area contributed by atoms with Gasteiger partial charge >= 0.3 is 0 Å². The molecule has 5 nitrogen and oxygen atoms in total. The summed E-state index contributed by atoms with van der Waals surface area (Å²) < 4.78 is 0. The molecule has 24 heavy (non-hydrogen) atoms. The number of amides is 1. The molecular formula is C18H18N2O3S. The predicted octanol–water partition coefficient (Wildman–Crippen LogP) is 3.73. The number of nitro groups is 1. The van der Waals surface area contributed by atoms with Crippen LogP contribution in [0.25, 0.3) is 0 Å². The molecule has 0 fully saturated rings. The molecule has 6 heteroatoms. The molecule has 0 aliphatic carbocycles. The molecule has 0 atom stereocenters. The van der Waals surface area contributed by atoms with Gasteiger partial charge in [-0.15, -0.1) is 11.8 Å². The molecule has 1 amide bonds. The Morgan fingerprint density at radius 2 is 2.00 bits per heavy atom. The number of anilines is 1. The first-order chi connectivity index (χ1) is 11.5. The van der Waals surface area contributed by atoms with Gasteiger partial charge in [-0.1, -0.05) is 35.9 Å². The summed E-state index contributed by atoms with van der Waals surface area (Å²) in [4.78, 5) is 24.6. The highest BCUT2D eigenvalue weighted by molar-refractivity contribution is 7.99. The molecular weight excluding hydrogens is 324 g/mol. The number of carbonyl (C=O) groups excluding carboxylic acids is 1. The lowest BCUT2D eigenvalue weighted by Crippen LogP contribution is -2.30. The maximum absolute atomic E-state index is 12.5. The maximum Gasteiger partial charge on any atom is 0.271 e. The second-order valence-corrected chi connectivity index (χ2v) is 6.83. The number of hydrogen-bond acceptors (Lipinski definition) is 4. The summed E-state index contributed by atoms with van der Waals surface area (Å²) in [6.45, 7) is 2.64. The van der Waals surface area contributed by atoms with E-state index in [0.717, 1.165) is 17.7 Å². The van der Waals surface area contributed by atoms with Gasteiger partial charge in [-0.3, -0.25) is 14.9 Å². The highest BCUT2D eigenvalue weighted by atomic mass is 32.2. The van der Waals surface area contributed by atoms with Crippen molar-refractivity contribution in [3.63, 3.8) is 0 Å². The fourth-order valence-electron chi connectivity index (χ4n) is 2.76. The van der Waals surface area contributed by atoms with E-state index in [1.165, 1.54) is 23.3 Å². The third-order valence-electron chi connectivity index (χ3n) is 4.09. The van der Waals surface area contributed by atoms with E-state index in [0.29, 0.717) is 18.0 Å². The third kappa shape index (κ3) is 3.59. The SMILES string of the molecule is Cc1ccc(CSCC(=O)N2CCc3ccc([N+](=O)[O-])cc32)cc1. The number of rotatable bonds is 5. The van der Waals surface area contributed by atoms with Crippen molar-refractivity contribution in [2.75, 3.05) is 17.2 Å². The number of fused-ring (bicyclic) bond motifs is 1. The van der Waals surface area contributed by atoms with Crippen LogP contribution in [0.15, 0.2) is 42.5 Å². The quantitative estimate of drug-likeness (QED) is 0.613. The summed E-state index contributed by atoms with van der Waals surface area (Å²) >= 11 is 1.57. The Bertz CT molecular complexity index is 774. The van der Waals surface area contributed by atoms with Crippen LogP contribution < -0.4 is 4.90 Å². The number of carbonyl (C=O) groups is 1. The number of nitrogens with zero attached hydrogens (tertiary/aromatic N) is 2. The highest BCUT2D eigenvalue weighted by Gasteiger charge is 2.26. The summed E-state index contributed by atoms with van der Waals surface area (Å²) in [5.74, 6) is 1.16. The molecule has 0 unspecified atom stereocenters. The molecule has 2 aromatic carbocycles. The number of hydrogen-bond donors (Lipinski definition) is 0. The van der Waals surface area contributed by atoms with Gasteiger partial charge in [0.2, 0.25) is 5.91 Å². The molecule has 0 radical (unpaired) electrons. The van der Waals surface area contributed by atoms with Gasteiger partial charge in [-0.25, -0.2) is 0 Å². The van der Waals surface area contributed by atoms with Gasteiger partial charge < -0.3 is 4.90 Å². The van der Waals surface area contributed by atoms with E-state index in [1.807, 2.05) is 6.92 Å². The van der Waals surface area contributed by atoms with Crippen LogP contribution >= 0.6 is 11.8 Å². The van der Waals surface area contributed by atoms with Crippen molar-refractivity contribution >= 4 is 29.0 Å². The summed E-state index contributed by atoms with van der Waals surface area (Å²) in [6, 6.07) is 13.0. The number of non-ortho nitro benzene ring substituents is 1. The third-order valence-corrected chi connectivity index (χ3v) is 5.08. The number of nitro benzene ring substituents is 1. The number of benzene rings is 2. The van der Waals surface area contributed by atoms with Crippen LogP contribution in [0.5, 0.6) is 0 Å². The molecule has 0 saturated carbocycles. The molecule has 0 spiro atoms. The van der Waals surface area contributed by atoms with E-state index in [9.17, 15) is 14.9 Å². The van der Waals surface area contributed by atoms with E-state index in [2.05, 4.69) is 24.3 Å². The molecule has 1 aliphatic heterocycles. The van der Waals surface area contributed by atoms with Gasteiger partial charge in [0, 0.05) is 24.4 Å². The minimum atomic E-state index is -0.423. The Balaban J connectivity index is 1.62. The summed E-state index contributed by atoms with van der Waals surface area (Å²) in [5.41, 5.74) is 4.12. The van der Waals surface area contributed by atoms with E-state index in [4.69, 9.17) is 0 Å². The van der Waals surface area contributed by atoms with Crippen LogP contribution in [0.2, 0.25) is 0 Å². The van der Waals surface area contributed by atoms with Gasteiger partial charge in [0.25, 0.3) is 5.69 Å². The van der Waals surface area contributed by atoms with E-state index < -0.39 is 4.92 Å². The number of thioether (sulfide) groups is 1. The highest BCUT2D eigenvalue weighted by Crippen LogP contribution is 2.32. The molecule has 124 valence electrons. The Kier molecular flexibility index (Phi) is 4.85. The number of aryl methyl sites for hydroxylation is 1. The Morgan fingerprint density at radius 3 is 2.71 bits per heavy atom. The molecule has 3 rings (SSSR count). The first-order valence-electron chi connectivity index (χ1n) is 7.75. The summed E-state index contributed by atoms with van der Waals surface area (Å²) in [7, 11) is 0. The van der Waals surface area contributed by atoms with E-state index in [-0.39, 0.29) is 11.6 Å². The van der Waals surface area contributed by atoms with Crippen molar-refractivity contribution in [3.8, 4) is 0 Å². The maximum atomic E-state index is 12.5. The zero-order valence-electron chi connectivity index (χ0n) is 13.4. The molecule has 1 heterocycles. The van der Waals surface area contributed by atoms with Crippen LogP contribution in [0.3, 0.4) is 0 Å². The summed E-state index contributed by atoms with van der Waals surface area (Å²) in [6.07, 6.45) is 0.752. The normalized spacial score (nSPS) is 13.0. The minimum absolute atomic E-state index is 0.00589. The van der Waals surface area contributed by atoms with Gasteiger partial charge in [0.05, 0.1) is 16.4 Å². The fourth-order valence-corrected chi connectivity index (χ4v) is 3.62. The Hall–Kier alpha value is -2.34. The lowest BCUT2D eigenvalue weighted by atomic mass is 10.1. The molecule has 0 bridgehead atoms. The molecule has 1 aliphatic rings. The first-order valence-corrected chi connectivity index (χ1v) is 8.91. The molecule has 0 N–H and O–H groups in total. The average Bonchev–Trinajstić information content (AvgIpc) is 2.99. The Morgan fingerprint density at radius 1 is 1.25 bits per heavy atom. The monoisotopic (exact) mass is 342 g/mol. The van der Waals surface area contributed by atoms with Crippen molar-refractivity contribution in [1.82, 2.24) is 0 Å². The second kappa shape index (κ2) is 7.05. The first kappa shape index (κ1) is 16.5. The van der Waals surface area contributed by atoms with E-state index in [1.54, 1.807) is 22.7 Å². The largest absolute Gasteiger partial charge is 0.311 e. The van der Waals surface area contributed by atoms with Crippen molar-refractivity contribution in [2.24, 2.45) is 0 Å². The van der Waals surface area contributed by atoms with Crippen LogP contribution in [0.4, 0.5) is 11.4 Å². The van der Waals surface area contributed by atoms with Crippen molar-refractivity contribution in [3.05, 3.63) is 69.3 Å². The van der Waals surface area contributed by atoms with Crippen molar-refractivity contribution in [2.45, 2.75) is 19.1 Å². The zero-order valence-corrected chi connectivity index (χ0v) is 14.2. The van der Waals surface area contributed by atoms with Gasteiger partial charge in [-0.05, 0) is 24.5 Å². The minimum Gasteiger partial charge on any atom is -0.311 e. The second-order valence-electron chi connectivity index (χ2n) is 5.84. The van der Waals surface area contributed by atoms with Crippen LogP contribution in [-0.4, -0.2) is 23.1 Å². The standard InChI is InChI=1S/C18H18N2O3S/c1-13-2-4-14(5-3-13)11-24-12-18(21)19-9-8-15-6-7-16(20(22)23)10-17(15)19/h2-7,10H,8-9,11-12H2,1H3. The van der Waals surface area contributed by atoms with Gasteiger partial charge in [0.15, 0.2) is 0 Å². The van der Waals surface area contributed by atoms with Crippen LogP contribution in [0.1, 0.15) is 16.7 Å². The van der Waals surface area contributed by atoms with E-state index >= 15 is 0 Å². The topological polar surface area (TPSA) is 63.5 Å². The van der Waals surface area contributed by atoms with Crippen LogP contribution in [0, 0.1) is 17.0 Å². The smallest absolute Gasteiger partial charge is 0.271 e.